The molecule has 1 aliphatic carbocycles. The number of sulfonamides is 1. The van der Waals surface area contributed by atoms with Gasteiger partial charge in [0.05, 0.1) is 0 Å². The number of pyridine rings is 1. The predicted molar refractivity (Wildman–Crippen MR) is 72.5 cm³/mol. The third-order valence-corrected chi connectivity index (χ3v) is 5.18. The Hall–Kier alpha value is -1.54. The summed E-state index contributed by atoms with van der Waals surface area (Å²) >= 11 is 0. The summed E-state index contributed by atoms with van der Waals surface area (Å²) in [6.07, 6.45) is 2.94. The molecule has 0 aromatic carbocycles. The fourth-order valence-corrected chi connectivity index (χ4v) is 4.16. The van der Waals surface area contributed by atoms with Crippen molar-refractivity contribution < 1.29 is 22.7 Å². The largest absolute Gasteiger partial charge is 0.480 e. The van der Waals surface area contributed by atoms with Crippen LogP contribution in [0.1, 0.15) is 32.6 Å². The Morgan fingerprint density at radius 2 is 2.29 bits per heavy atom. The second kappa shape index (κ2) is 5.69. The molecule has 1 aromatic heterocycles. The number of aromatic nitrogens is 1. The SMILES string of the molecule is CC1CCCC(NS(=O)(=O)c2ncccc2F)(C(=O)O)C1. The van der Waals surface area contributed by atoms with Crippen LogP contribution in [-0.2, 0) is 14.8 Å². The molecule has 8 heteroatoms. The molecule has 116 valence electrons. The molecule has 0 aliphatic heterocycles. The molecule has 2 unspecified atom stereocenters. The molecule has 21 heavy (non-hydrogen) atoms. The summed E-state index contributed by atoms with van der Waals surface area (Å²) in [7, 11) is -4.33. The molecule has 0 saturated heterocycles. The second-order valence-corrected chi connectivity index (χ2v) is 7.08. The summed E-state index contributed by atoms with van der Waals surface area (Å²) < 4.78 is 40.3. The summed E-state index contributed by atoms with van der Waals surface area (Å²) in [6, 6.07) is 2.24. The van der Waals surface area contributed by atoms with E-state index in [9.17, 15) is 22.7 Å². The van der Waals surface area contributed by atoms with Crippen LogP contribution in [0.2, 0.25) is 0 Å². The van der Waals surface area contributed by atoms with Crippen molar-refractivity contribution in [3.63, 3.8) is 0 Å². The molecule has 2 atom stereocenters. The lowest BCUT2D eigenvalue weighted by molar-refractivity contribution is -0.146. The third kappa shape index (κ3) is 3.21. The van der Waals surface area contributed by atoms with Gasteiger partial charge in [0.1, 0.15) is 5.54 Å². The average Bonchev–Trinajstić information content (AvgIpc) is 2.38. The lowest BCUT2D eigenvalue weighted by Crippen LogP contribution is -2.56. The highest BCUT2D eigenvalue weighted by atomic mass is 32.2. The summed E-state index contributed by atoms with van der Waals surface area (Å²) in [4.78, 5) is 15.1. The molecule has 0 bridgehead atoms. The van der Waals surface area contributed by atoms with Crippen molar-refractivity contribution in [1.82, 2.24) is 9.71 Å². The second-order valence-electron chi connectivity index (χ2n) is 5.48. The van der Waals surface area contributed by atoms with Crippen LogP contribution in [0.4, 0.5) is 4.39 Å². The van der Waals surface area contributed by atoms with E-state index in [1.807, 2.05) is 6.92 Å². The van der Waals surface area contributed by atoms with E-state index in [-0.39, 0.29) is 18.8 Å². The summed E-state index contributed by atoms with van der Waals surface area (Å²) in [5.74, 6) is -2.17. The first-order valence-electron chi connectivity index (χ1n) is 6.65. The number of hydrogen-bond acceptors (Lipinski definition) is 4. The van der Waals surface area contributed by atoms with E-state index >= 15 is 0 Å². The maximum absolute atomic E-state index is 13.6. The van der Waals surface area contributed by atoms with E-state index in [1.54, 1.807) is 0 Å². The molecular weight excluding hydrogens is 299 g/mol. The standard InChI is InChI=1S/C13H17FN2O4S/c1-9-4-2-6-13(8-9,12(17)18)16-21(19,20)11-10(14)5-3-7-15-11/h3,5,7,9,16H,2,4,6,8H2,1H3,(H,17,18). The molecule has 6 nitrogen and oxygen atoms in total. The highest BCUT2D eigenvalue weighted by Gasteiger charge is 2.45. The number of carboxylic acid groups (broad SMARTS) is 1. The van der Waals surface area contributed by atoms with Crippen LogP contribution in [-0.4, -0.2) is 30.0 Å². The number of carboxylic acids is 1. The van der Waals surface area contributed by atoms with Crippen molar-refractivity contribution in [1.29, 1.82) is 0 Å². The number of rotatable bonds is 4. The Labute approximate surface area is 122 Å². The van der Waals surface area contributed by atoms with Gasteiger partial charge in [0.15, 0.2) is 5.82 Å². The fraction of sp³-hybridized carbons (Fsp3) is 0.538. The van der Waals surface area contributed by atoms with Crippen molar-refractivity contribution in [2.24, 2.45) is 5.92 Å². The van der Waals surface area contributed by atoms with Crippen LogP contribution in [0.5, 0.6) is 0 Å². The van der Waals surface area contributed by atoms with Gasteiger partial charge in [0.2, 0.25) is 5.03 Å². The highest BCUT2D eigenvalue weighted by molar-refractivity contribution is 7.89. The molecule has 1 heterocycles. The molecule has 0 radical (unpaired) electrons. The van der Waals surface area contributed by atoms with Gasteiger partial charge >= 0.3 is 5.97 Å². The first-order valence-corrected chi connectivity index (χ1v) is 8.13. The highest BCUT2D eigenvalue weighted by Crippen LogP contribution is 2.33. The average molecular weight is 316 g/mol. The van der Waals surface area contributed by atoms with E-state index in [4.69, 9.17) is 0 Å². The Morgan fingerprint density at radius 1 is 1.57 bits per heavy atom. The van der Waals surface area contributed by atoms with Gasteiger partial charge in [-0.3, -0.25) is 4.79 Å². The number of nitrogens with zero attached hydrogens (tertiary/aromatic N) is 1. The van der Waals surface area contributed by atoms with Gasteiger partial charge in [-0.1, -0.05) is 19.8 Å². The molecule has 1 fully saturated rings. The first kappa shape index (κ1) is 15.8. The predicted octanol–water partition coefficient (Wildman–Crippen LogP) is 1.53. The Bertz CT molecular complexity index is 649. The van der Waals surface area contributed by atoms with E-state index in [0.29, 0.717) is 6.42 Å². The maximum Gasteiger partial charge on any atom is 0.324 e. The molecule has 0 spiro atoms. The maximum atomic E-state index is 13.6. The van der Waals surface area contributed by atoms with Crippen molar-refractivity contribution in [2.45, 2.75) is 43.2 Å². The Balaban J connectivity index is 2.37. The third-order valence-electron chi connectivity index (χ3n) is 3.72. The van der Waals surface area contributed by atoms with Crippen LogP contribution in [0.15, 0.2) is 23.4 Å². The number of halogens is 1. The van der Waals surface area contributed by atoms with Crippen LogP contribution in [0.25, 0.3) is 0 Å². The number of aliphatic carboxylic acids is 1. The minimum atomic E-state index is -4.33. The van der Waals surface area contributed by atoms with E-state index in [1.165, 1.54) is 6.07 Å². The van der Waals surface area contributed by atoms with Crippen LogP contribution in [0, 0.1) is 11.7 Å². The van der Waals surface area contributed by atoms with Gasteiger partial charge in [-0.05, 0) is 30.9 Å². The molecular formula is C13H17FN2O4S. The summed E-state index contributed by atoms with van der Waals surface area (Å²) in [5.41, 5.74) is -1.60. The van der Waals surface area contributed by atoms with Crippen molar-refractivity contribution in [3.05, 3.63) is 24.1 Å². The number of hydrogen-bond donors (Lipinski definition) is 2. The molecule has 1 aromatic rings. The number of carbonyl (C=O) groups is 1. The smallest absolute Gasteiger partial charge is 0.324 e. The molecule has 2 rings (SSSR count). The van der Waals surface area contributed by atoms with Crippen molar-refractivity contribution in [2.75, 3.05) is 0 Å². The Morgan fingerprint density at radius 3 is 2.86 bits per heavy atom. The van der Waals surface area contributed by atoms with Gasteiger partial charge in [-0.25, -0.2) is 17.8 Å². The van der Waals surface area contributed by atoms with Crippen molar-refractivity contribution >= 4 is 16.0 Å². The lowest BCUT2D eigenvalue weighted by atomic mass is 9.77. The lowest BCUT2D eigenvalue weighted by Gasteiger charge is -2.36. The van der Waals surface area contributed by atoms with Gasteiger partial charge in [0, 0.05) is 6.20 Å². The van der Waals surface area contributed by atoms with Gasteiger partial charge < -0.3 is 5.11 Å². The first-order chi connectivity index (χ1) is 9.77. The minimum Gasteiger partial charge on any atom is -0.480 e. The van der Waals surface area contributed by atoms with Gasteiger partial charge in [-0.2, -0.15) is 4.72 Å². The zero-order valence-electron chi connectivity index (χ0n) is 11.5. The van der Waals surface area contributed by atoms with Crippen LogP contribution >= 0.6 is 0 Å². The molecule has 1 saturated carbocycles. The zero-order chi connectivity index (χ0) is 15.7. The summed E-state index contributed by atoms with van der Waals surface area (Å²) in [5, 5.41) is 8.67. The van der Waals surface area contributed by atoms with Crippen LogP contribution < -0.4 is 4.72 Å². The monoisotopic (exact) mass is 316 g/mol. The summed E-state index contributed by atoms with van der Waals surface area (Å²) in [6.45, 7) is 1.87. The normalized spacial score (nSPS) is 26.5. The fourth-order valence-electron chi connectivity index (χ4n) is 2.76. The van der Waals surface area contributed by atoms with E-state index in [2.05, 4.69) is 9.71 Å². The molecule has 0 amide bonds. The zero-order valence-corrected chi connectivity index (χ0v) is 12.4. The Kier molecular flexibility index (Phi) is 4.29. The van der Waals surface area contributed by atoms with Crippen molar-refractivity contribution in [3.8, 4) is 0 Å². The van der Waals surface area contributed by atoms with E-state index in [0.717, 1.165) is 18.7 Å². The van der Waals surface area contributed by atoms with Crippen LogP contribution in [0.3, 0.4) is 0 Å². The van der Waals surface area contributed by atoms with Gasteiger partial charge in [-0.15, -0.1) is 0 Å². The van der Waals surface area contributed by atoms with E-state index < -0.39 is 32.4 Å². The molecule has 2 N–H and O–H groups in total. The minimum absolute atomic E-state index is 0.0751. The molecule has 1 aliphatic rings. The quantitative estimate of drug-likeness (QED) is 0.878. The number of nitrogens with one attached hydrogen (secondary N) is 1. The topological polar surface area (TPSA) is 96.4 Å². The van der Waals surface area contributed by atoms with Gasteiger partial charge in [0.25, 0.3) is 10.0 Å².